The van der Waals surface area contributed by atoms with E-state index in [9.17, 15) is 19.2 Å². The smallest absolute Gasteiger partial charge is 0.408 e. The van der Waals surface area contributed by atoms with E-state index in [1.54, 1.807) is 0 Å². The summed E-state index contributed by atoms with van der Waals surface area (Å²) >= 11 is 3.65. The molecule has 2 N–H and O–H groups in total. The minimum Gasteiger partial charge on any atom is -0.444 e. The van der Waals surface area contributed by atoms with Gasteiger partial charge in [0.15, 0.2) is 11.6 Å². The molecule has 0 saturated heterocycles. The normalized spacial score (nSPS) is 13.4. The van der Waals surface area contributed by atoms with Crippen molar-refractivity contribution in [3.8, 4) is 0 Å². The molecule has 0 aromatic rings. The second kappa shape index (κ2) is 24.7. The Bertz CT molecular complexity index is 798. The molecule has 2 amide bonds. The van der Waals surface area contributed by atoms with Gasteiger partial charge in [0.2, 0.25) is 0 Å². The van der Waals surface area contributed by atoms with Crippen LogP contribution >= 0.6 is 23.5 Å². The molecule has 10 heteroatoms. The number of amides is 2. The lowest BCUT2D eigenvalue weighted by molar-refractivity contribution is -0.121. The summed E-state index contributed by atoms with van der Waals surface area (Å²) in [6.45, 7) is 19.1. The van der Waals surface area contributed by atoms with Gasteiger partial charge in [0.25, 0.3) is 0 Å². The predicted molar refractivity (Wildman–Crippen MR) is 196 cm³/mol. The number of unbranched alkanes of at least 4 members (excludes halogenated alkanes) is 7. The number of carbonyl (C=O) groups excluding carboxylic acids is 4. The second-order valence-corrected chi connectivity index (χ2v) is 17.6. The van der Waals surface area contributed by atoms with E-state index in [0.717, 1.165) is 23.0 Å². The van der Waals surface area contributed by atoms with Gasteiger partial charge in [-0.1, -0.05) is 66.2 Å². The minimum atomic E-state index is -0.585. The fourth-order valence-corrected chi connectivity index (χ4v) is 6.67. The predicted octanol–water partition coefficient (Wildman–Crippen LogP) is 9.37. The van der Waals surface area contributed by atoms with Crippen molar-refractivity contribution in [2.45, 2.75) is 170 Å². The number of ketones is 2. The van der Waals surface area contributed by atoms with Crippen LogP contribution < -0.4 is 10.6 Å². The van der Waals surface area contributed by atoms with E-state index < -0.39 is 35.5 Å². The van der Waals surface area contributed by atoms with Gasteiger partial charge in [-0.25, -0.2) is 9.59 Å². The van der Waals surface area contributed by atoms with Crippen molar-refractivity contribution >= 4 is 47.3 Å². The Morgan fingerprint density at radius 1 is 0.522 bits per heavy atom. The fraction of sp³-hybridized carbons (Fsp3) is 0.889. The third kappa shape index (κ3) is 27.7. The van der Waals surface area contributed by atoms with Crippen molar-refractivity contribution < 1.29 is 28.7 Å². The molecule has 46 heavy (non-hydrogen) atoms. The SMILES string of the molecule is CC(C)C[C@H](NC(=O)OC(C)(C)C)C(=O)CCSCCCCCCCCCCSCCC(=O)[C@H](CC(C)C)NC(=O)OC(C)(C)C. The van der Waals surface area contributed by atoms with Gasteiger partial charge in [0, 0.05) is 24.3 Å². The molecule has 2 atom stereocenters. The van der Waals surface area contributed by atoms with Crippen LogP contribution in [0.15, 0.2) is 0 Å². The molecule has 0 saturated carbocycles. The van der Waals surface area contributed by atoms with Gasteiger partial charge in [-0.15, -0.1) is 0 Å². The molecule has 0 aliphatic rings. The van der Waals surface area contributed by atoms with Crippen LogP contribution in [0.2, 0.25) is 0 Å². The molecule has 270 valence electrons. The van der Waals surface area contributed by atoms with E-state index in [1.807, 2.05) is 65.1 Å². The third-order valence-corrected chi connectivity index (χ3v) is 9.03. The number of Topliss-reactive ketones (excluding diaryl/α,β-unsaturated/α-hetero) is 2. The van der Waals surface area contributed by atoms with Crippen molar-refractivity contribution in [1.29, 1.82) is 0 Å². The third-order valence-electron chi connectivity index (χ3n) is 6.89. The Morgan fingerprint density at radius 3 is 1.11 bits per heavy atom. The van der Waals surface area contributed by atoms with Crippen LogP contribution in [0, 0.1) is 11.8 Å². The average Bonchev–Trinajstić information content (AvgIpc) is 2.89. The Morgan fingerprint density at radius 2 is 0.826 bits per heavy atom. The molecule has 8 nitrogen and oxygen atoms in total. The van der Waals surface area contributed by atoms with Crippen LogP contribution in [0.1, 0.15) is 146 Å². The largest absolute Gasteiger partial charge is 0.444 e. The number of ether oxygens (including phenoxy) is 2. The number of hydrogen-bond acceptors (Lipinski definition) is 8. The minimum absolute atomic E-state index is 0.0850. The Kier molecular flexibility index (Phi) is 23.9. The molecule has 0 fully saturated rings. The molecule has 0 heterocycles. The van der Waals surface area contributed by atoms with E-state index in [2.05, 4.69) is 38.3 Å². The quantitative estimate of drug-likeness (QED) is 0.0913. The van der Waals surface area contributed by atoms with E-state index in [4.69, 9.17) is 9.47 Å². The summed E-state index contributed by atoms with van der Waals surface area (Å²) in [6.07, 6.45) is 11.0. The van der Waals surface area contributed by atoms with Gasteiger partial charge < -0.3 is 20.1 Å². The fourth-order valence-electron chi connectivity index (χ4n) is 4.75. The van der Waals surface area contributed by atoms with Crippen LogP contribution in [-0.4, -0.2) is 70.1 Å². The maximum atomic E-state index is 12.7. The maximum Gasteiger partial charge on any atom is 0.408 e. The lowest BCUT2D eigenvalue weighted by atomic mass is 9.99. The summed E-state index contributed by atoms with van der Waals surface area (Å²) in [5, 5.41) is 5.56. The van der Waals surface area contributed by atoms with Crippen molar-refractivity contribution in [2.75, 3.05) is 23.0 Å². The van der Waals surface area contributed by atoms with Crippen molar-refractivity contribution in [3.05, 3.63) is 0 Å². The van der Waals surface area contributed by atoms with Gasteiger partial charge in [0.1, 0.15) is 11.2 Å². The summed E-state index contributed by atoms with van der Waals surface area (Å²) in [5.74, 6) is 4.50. The van der Waals surface area contributed by atoms with E-state index in [0.29, 0.717) is 37.5 Å². The highest BCUT2D eigenvalue weighted by Crippen LogP contribution is 2.17. The summed E-state index contributed by atoms with van der Waals surface area (Å²) in [4.78, 5) is 49.8. The average molecular weight is 689 g/mol. The summed E-state index contributed by atoms with van der Waals surface area (Å²) in [7, 11) is 0. The van der Waals surface area contributed by atoms with E-state index >= 15 is 0 Å². The monoisotopic (exact) mass is 688 g/mol. The number of rotatable bonds is 25. The number of carbonyl (C=O) groups is 4. The summed E-state index contributed by atoms with van der Waals surface area (Å²) in [5.41, 5.74) is -1.17. The van der Waals surface area contributed by atoms with E-state index in [1.165, 1.54) is 51.4 Å². The summed E-state index contributed by atoms with van der Waals surface area (Å²) < 4.78 is 10.7. The van der Waals surface area contributed by atoms with Gasteiger partial charge >= 0.3 is 12.2 Å². The van der Waals surface area contributed by atoms with Crippen molar-refractivity contribution in [2.24, 2.45) is 11.8 Å². The molecular weight excluding hydrogens is 621 g/mol. The zero-order chi connectivity index (χ0) is 35.2. The maximum absolute atomic E-state index is 12.7. The molecule has 0 aromatic heterocycles. The van der Waals surface area contributed by atoms with E-state index in [-0.39, 0.29) is 11.6 Å². The number of nitrogens with one attached hydrogen (secondary N) is 2. The van der Waals surface area contributed by atoms with Gasteiger partial charge in [-0.05, 0) is 90.6 Å². The zero-order valence-electron chi connectivity index (χ0n) is 30.9. The summed E-state index contributed by atoms with van der Waals surface area (Å²) in [6, 6.07) is -0.972. The lowest BCUT2D eigenvalue weighted by Gasteiger charge is -2.24. The van der Waals surface area contributed by atoms with Crippen molar-refractivity contribution in [1.82, 2.24) is 10.6 Å². The highest BCUT2D eigenvalue weighted by atomic mass is 32.2. The molecule has 0 radical (unpaired) electrons. The Balaban J connectivity index is 3.90. The molecule has 0 unspecified atom stereocenters. The molecule has 0 rings (SSSR count). The van der Waals surface area contributed by atoms with Gasteiger partial charge in [-0.2, -0.15) is 23.5 Å². The van der Waals surface area contributed by atoms with Crippen LogP contribution in [0.5, 0.6) is 0 Å². The molecular formula is C36H68N2O6S2. The second-order valence-electron chi connectivity index (χ2n) is 15.1. The zero-order valence-corrected chi connectivity index (χ0v) is 32.5. The molecule has 0 spiro atoms. The molecule has 0 aromatic carbocycles. The Labute approximate surface area is 290 Å². The van der Waals surface area contributed by atoms with Crippen LogP contribution in [-0.2, 0) is 19.1 Å². The standard InChI is InChI=1S/C36H68N2O6S2/c1-27(2)25-29(37-33(41)43-35(5,6)7)31(39)19-23-45-21-17-15-13-11-12-14-16-18-22-46-24-20-32(40)30(26-28(3)4)38-34(42)44-36(8,9)10/h27-30H,11-26H2,1-10H3,(H,37,41)(H,38,42)/t29-,30-/m0/s1. The lowest BCUT2D eigenvalue weighted by Crippen LogP contribution is -2.44. The Hall–Kier alpha value is -1.42. The van der Waals surface area contributed by atoms with Gasteiger partial charge in [0.05, 0.1) is 12.1 Å². The first-order valence-electron chi connectivity index (χ1n) is 17.6. The van der Waals surface area contributed by atoms with Crippen LogP contribution in [0.3, 0.4) is 0 Å². The molecule has 0 bridgehead atoms. The van der Waals surface area contributed by atoms with Crippen LogP contribution in [0.4, 0.5) is 9.59 Å². The van der Waals surface area contributed by atoms with Crippen LogP contribution in [0.25, 0.3) is 0 Å². The topological polar surface area (TPSA) is 111 Å². The van der Waals surface area contributed by atoms with Crippen molar-refractivity contribution in [3.63, 3.8) is 0 Å². The number of alkyl carbamates (subject to hydrolysis) is 2. The first kappa shape index (κ1) is 44.6. The molecule has 0 aliphatic carbocycles. The number of hydrogen-bond donors (Lipinski definition) is 2. The van der Waals surface area contributed by atoms with Gasteiger partial charge in [-0.3, -0.25) is 9.59 Å². The first-order valence-corrected chi connectivity index (χ1v) is 19.9. The molecule has 0 aliphatic heterocycles. The highest BCUT2D eigenvalue weighted by Gasteiger charge is 2.26. The highest BCUT2D eigenvalue weighted by molar-refractivity contribution is 7.99. The first-order chi connectivity index (χ1) is 21.4. The number of thioether (sulfide) groups is 2.